The van der Waals surface area contributed by atoms with Crippen LogP contribution in [0.25, 0.3) is 0 Å². The number of rotatable bonds is 7. The molecule has 0 saturated heterocycles. The largest absolute Gasteiger partial charge is 0.407 e. The smallest absolute Gasteiger partial charge is 0.315 e. The molecule has 0 unspecified atom stereocenters. The topological polar surface area (TPSA) is 100 Å². The lowest BCUT2D eigenvalue weighted by molar-refractivity contribution is 0.489. The first kappa shape index (κ1) is 13.9. The number of hydrogen-bond donors (Lipinski definition) is 2. The highest BCUT2D eigenvalue weighted by Crippen LogP contribution is 2.04. The highest BCUT2D eigenvalue weighted by molar-refractivity contribution is 7.89. The molecule has 1 aromatic rings. The minimum atomic E-state index is -3.20. The molecule has 0 aliphatic heterocycles. The average molecular weight is 263 g/mol. The van der Waals surface area contributed by atoms with Gasteiger partial charge in [0.15, 0.2) is 0 Å². The molecule has 0 aliphatic carbocycles. The molecule has 0 fully saturated rings. The Balaban J connectivity index is 2.40. The number of nitrogens with one attached hydrogen (secondary N) is 2. The van der Waals surface area contributed by atoms with Gasteiger partial charge in [0, 0.05) is 20.6 Å². The van der Waals surface area contributed by atoms with Crippen molar-refractivity contribution in [3.05, 3.63) is 5.89 Å². The molecule has 0 radical (unpaired) electrons. The van der Waals surface area contributed by atoms with Crippen LogP contribution in [0.5, 0.6) is 0 Å². The van der Waals surface area contributed by atoms with Gasteiger partial charge in [-0.2, -0.15) is 0 Å². The van der Waals surface area contributed by atoms with Gasteiger partial charge in [-0.15, -0.1) is 5.10 Å². The molecule has 0 atom stereocenters. The van der Waals surface area contributed by atoms with Crippen molar-refractivity contribution in [3.8, 4) is 0 Å². The highest BCUT2D eigenvalue weighted by Gasteiger charge is 2.13. The second kappa shape index (κ2) is 5.94. The zero-order valence-electron chi connectivity index (χ0n) is 10.1. The normalized spacial score (nSPS) is 12.0. The zero-order valence-corrected chi connectivity index (χ0v) is 10.9. The van der Waals surface area contributed by atoms with Crippen molar-refractivity contribution in [3.63, 3.8) is 0 Å². The second-order valence-corrected chi connectivity index (χ2v) is 5.86. The second-order valence-electron chi connectivity index (χ2n) is 3.56. The van der Waals surface area contributed by atoms with Crippen LogP contribution >= 0.6 is 0 Å². The maximum absolute atomic E-state index is 11.4. The minimum absolute atomic E-state index is 0.0241. The van der Waals surface area contributed by atoms with E-state index in [1.165, 1.54) is 18.4 Å². The molecule has 0 aromatic carbocycles. The fraction of sp³-hybridized carbons (Fsp3) is 0.750. The number of aromatic nitrogens is 2. The Labute approximate surface area is 100 Å². The van der Waals surface area contributed by atoms with E-state index in [0.29, 0.717) is 12.4 Å². The van der Waals surface area contributed by atoms with Crippen LogP contribution in [0, 0.1) is 0 Å². The molecule has 1 aromatic heterocycles. The van der Waals surface area contributed by atoms with Crippen LogP contribution in [-0.4, -0.2) is 56.4 Å². The highest BCUT2D eigenvalue weighted by atomic mass is 32.2. The lowest BCUT2D eigenvalue weighted by Gasteiger charge is -2.10. The molecule has 0 amide bonds. The summed E-state index contributed by atoms with van der Waals surface area (Å²) in [6.07, 6.45) is 0. The molecule has 2 N–H and O–H groups in total. The Morgan fingerprint density at radius 2 is 2.06 bits per heavy atom. The van der Waals surface area contributed by atoms with Gasteiger partial charge in [-0.3, -0.25) is 0 Å². The van der Waals surface area contributed by atoms with Gasteiger partial charge < -0.3 is 15.1 Å². The van der Waals surface area contributed by atoms with E-state index in [0.717, 1.165) is 0 Å². The van der Waals surface area contributed by atoms with E-state index in [4.69, 9.17) is 4.42 Å². The first-order valence-corrected chi connectivity index (χ1v) is 6.67. The Hall–Kier alpha value is -1.19. The van der Waals surface area contributed by atoms with Gasteiger partial charge in [0.05, 0.1) is 12.3 Å². The van der Waals surface area contributed by atoms with Crippen molar-refractivity contribution < 1.29 is 12.8 Å². The molecule has 0 bridgehead atoms. The molecule has 8 nitrogen and oxygen atoms in total. The lowest BCUT2D eigenvalue weighted by Crippen LogP contribution is -2.28. The summed E-state index contributed by atoms with van der Waals surface area (Å²) in [5.74, 6) is 0.425. The predicted octanol–water partition coefficient (Wildman–Crippen LogP) is -0.908. The summed E-state index contributed by atoms with van der Waals surface area (Å²) in [7, 11) is 1.55. The summed E-state index contributed by atoms with van der Waals surface area (Å²) in [4.78, 5) is 0. The predicted molar refractivity (Wildman–Crippen MR) is 63.0 cm³/mol. The summed E-state index contributed by atoms with van der Waals surface area (Å²) in [6, 6.07) is 0.226. The van der Waals surface area contributed by atoms with Crippen molar-refractivity contribution in [2.45, 2.75) is 6.54 Å². The van der Waals surface area contributed by atoms with Crippen LogP contribution in [0.15, 0.2) is 4.42 Å². The van der Waals surface area contributed by atoms with Crippen LogP contribution in [-0.2, 0) is 16.6 Å². The summed E-state index contributed by atoms with van der Waals surface area (Å²) in [5, 5.41) is 13.1. The maximum atomic E-state index is 11.4. The molecular formula is C8H17N5O3S. The molecule has 0 spiro atoms. The van der Waals surface area contributed by atoms with Gasteiger partial charge in [-0.05, 0) is 7.05 Å². The van der Waals surface area contributed by atoms with E-state index in [1.54, 1.807) is 7.05 Å². The molecule has 0 aliphatic rings. The van der Waals surface area contributed by atoms with E-state index < -0.39 is 10.0 Å². The maximum Gasteiger partial charge on any atom is 0.315 e. The van der Waals surface area contributed by atoms with Gasteiger partial charge in [0.25, 0.3) is 0 Å². The third-order valence-corrected chi connectivity index (χ3v) is 3.82. The zero-order chi connectivity index (χ0) is 12.9. The van der Waals surface area contributed by atoms with Gasteiger partial charge in [-0.25, -0.2) is 12.7 Å². The van der Waals surface area contributed by atoms with Crippen molar-refractivity contribution in [2.24, 2.45) is 0 Å². The van der Waals surface area contributed by atoms with Gasteiger partial charge >= 0.3 is 6.01 Å². The van der Waals surface area contributed by atoms with Crippen LogP contribution in [0.2, 0.25) is 0 Å². The Kier molecular flexibility index (Phi) is 4.85. The average Bonchev–Trinajstić information content (AvgIpc) is 2.66. The molecule has 1 heterocycles. The lowest BCUT2D eigenvalue weighted by atomic mass is 10.6. The molecule has 98 valence electrons. The van der Waals surface area contributed by atoms with Crippen molar-refractivity contribution in [2.75, 3.05) is 38.8 Å². The van der Waals surface area contributed by atoms with Crippen LogP contribution < -0.4 is 10.6 Å². The van der Waals surface area contributed by atoms with E-state index in [-0.39, 0.29) is 18.3 Å². The van der Waals surface area contributed by atoms with Gasteiger partial charge in [0.1, 0.15) is 0 Å². The van der Waals surface area contributed by atoms with Crippen molar-refractivity contribution in [1.82, 2.24) is 19.8 Å². The van der Waals surface area contributed by atoms with Crippen LogP contribution in [0.3, 0.4) is 0 Å². The molecule has 0 saturated carbocycles. The standard InChI is InChI=1S/C8H17N5O3S/c1-9-6-7-11-12-8(16-7)10-4-5-17(14,15)13(2)3/h9H,4-6H2,1-3H3,(H,10,12). The van der Waals surface area contributed by atoms with Gasteiger partial charge in [-0.1, -0.05) is 5.10 Å². The Morgan fingerprint density at radius 3 is 2.65 bits per heavy atom. The number of anilines is 1. The van der Waals surface area contributed by atoms with Crippen molar-refractivity contribution in [1.29, 1.82) is 0 Å². The van der Waals surface area contributed by atoms with E-state index in [1.807, 2.05) is 0 Å². The number of hydrogen-bond acceptors (Lipinski definition) is 7. The summed E-state index contributed by atoms with van der Waals surface area (Å²) in [5.41, 5.74) is 0. The van der Waals surface area contributed by atoms with Crippen LogP contribution in [0.1, 0.15) is 5.89 Å². The van der Waals surface area contributed by atoms with Crippen molar-refractivity contribution >= 4 is 16.0 Å². The minimum Gasteiger partial charge on any atom is -0.407 e. The fourth-order valence-electron chi connectivity index (χ4n) is 1.02. The number of nitrogens with zero attached hydrogens (tertiary/aromatic N) is 3. The summed E-state index contributed by atoms with van der Waals surface area (Å²) < 4.78 is 29.2. The van der Waals surface area contributed by atoms with Crippen LogP contribution in [0.4, 0.5) is 6.01 Å². The quantitative estimate of drug-likeness (QED) is 0.657. The first-order valence-electron chi connectivity index (χ1n) is 5.07. The Morgan fingerprint density at radius 1 is 1.35 bits per heavy atom. The van der Waals surface area contributed by atoms with E-state index in [2.05, 4.69) is 20.8 Å². The summed E-state index contributed by atoms with van der Waals surface area (Å²) >= 11 is 0. The molecule has 9 heteroatoms. The molecular weight excluding hydrogens is 246 g/mol. The summed E-state index contributed by atoms with van der Waals surface area (Å²) in [6.45, 7) is 0.701. The SMILES string of the molecule is CNCc1nnc(NCCS(=O)(=O)N(C)C)o1. The van der Waals surface area contributed by atoms with Gasteiger partial charge in [0.2, 0.25) is 15.9 Å². The fourth-order valence-corrected chi connectivity index (χ4v) is 1.74. The number of sulfonamides is 1. The van der Waals surface area contributed by atoms with E-state index in [9.17, 15) is 8.42 Å². The Bertz CT molecular complexity index is 442. The monoisotopic (exact) mass is 263 g/mol. The molecule has 1 rings (SSSR count). The third kappa shape index (κ3) is 4.29. The third-order valence-electron chi connectivity index (χ3n) is 1.99. The first-order chi connectivity index (χ1) is 7.95. The van der Waals surface area contributed by atoms with E-state index >= 15 is 0 Å². The molecule has 17 heavy (non-hydrogen) atoms.